The topological polar surface area (TPSA) is 39.2 Å². The van der Waals surface area contributed by atoms with E-state index in [1.165, 1.54) is 0 Å². The van der Waals surface area contributed by atoms with Crippen LogP contribution in [0.5, 0.6) is 5.75 Å². The molecule has 3 nitrogen and oxygen atoms in total. The third kappa shape index (κ3) is 3.05. The van der Waals surface area contributed by atoms with E-state index in [1.54, 1.807) is 19.4 Å². The fourth-order valence-electron chi connectivity index (χ4n) is 1.95. The summed E-state index contributed by atoms with van der Waals surface area (Å²) in [5.74, 6) is 0.890. The summed E-state index contributed by atoms with van der Waals surface area (Å²) in [5, 5.41) is 0. The smallest absolute Gasteiger partial charge is 0.168 e. The van der Waals surface area contributed by atoms with Crippen molar-refractivity contribution in [1.82, 2.24) is 4.98 Å². The molecule has 0 saturated heterocycles. The normalized spacial score (nSPS) is 11.2. The van der Waals surface area contributed by atoms with Gasteiger partial charge in [0.25, 0.3) is 0 Å². The molecule has 0 N–H and O–H groups in total. The number of methoxy groups -OCH3 is 1. The molecule has 20 heavy (non-hydrogen) atoms. The Morgan fingerprint density at radius 2 is 1.90 bits per heavy atom. The summed E-state index contributed by atoms with van der Waals surface area (Å²) in [6, 6.07) is 11.3. The first kappa shape index (κ1) is 14.3. The molecule has 0 aliphatic rings. The molecule has 0 spiro atoms. The minimum Gasteiger partial charge on any atom is -0.497 e. The highest BCUT2D eigenvalue weighted by Crippen LogP contribution is 2.25. The molecule has 0 fully saturated rings. The number of hydrogen-bond acceptors (Lipinski definition) is 3. The Labute approximate surface area is 119 Å². The summed E-state index contributed by atoms with van der Waals surface area (Å²) in [6.45, 7) is 5.75. The van der Waals surface area contributed by atoms with Crippen LogP contribution in [0.1, 0.15) is 31.1 Å². The number of Topliss-reactive ketones (excluding diaryl/α,β-unsaturated/α-hetero) is 1. The van der Waals surface area contributed by atoms with E-state index in [0.29, 0.717) is 5.56 Å². The van der Waals surface area contributed by atoms with Gasteiger partial charge in [0.15, 0.2) is 5.78 Å². The number of ether oxygens (including phenoxy) is 1. The zero-order valence-corrected chi connectivity index (χ0v) is 12.3. The van der Waals surface area contributed by atoms with Crippen molar-refractivity contribution in [2.75, 3.05) is 7.11 Å². The van der Waals surface area contributed by atoms with E-state index in [2.05, 4.69) is 4.98 Å². The van der Waals surface area contributed by atoms with E-state index in [0.717, 1.165) is 17.0 Å². The maximum Gasteiger partial charge on any atom is 0.168 e. The van der Waals surface area contributed by atoms with Gasteiger partial charge in [0, 0.05) is 22.7 Å². The van der Waals surface area contributed by atoms with Crippen molar-refractivity contribution in [1.29, 1.82) is 0 Å². The lowest BCUT2D eigenvalue weighted by Crippen LogP contribution is -2.20. The van der Waals surface area contributed by atoms with Crippen molar-refractivity contribution in [2.45, 2.75) is 20.8 Å². The number of hydrogen-bond donors (Lipinski definition) is 0. The van der Waals surface area contributed by atoms with Crippen molar-refractivity contribution >= 4 is 5.78 Å². The van der Waals surface area contributed by atoms with Crippen molar-refractivity contribution < 1.29 is 9.53 Å². The van der Waals surface area contributed by atoms with Crippen LogP contribution in [-0.2, 0) is 0 Å². The number of pyridine rings is 1. The average molecular weight is 269 g/mol. The molecule has 1 aromatic heterocycles. The minimum atomic E-state index is -0.396. The first-order chi connectivity index (χ1) is 9.41. The van der Waals surface area contributed by atoms with Gasteiger partial charge < -0.3 is 4.74 Å². The number of aromatic nitrogens is 1. The maximum atomic E-state index is 12.3. The van der Waals surface area contributed by atoms with Crippen molar-refractivity contribution in [3.8, 4) is 17.0 Å². The van der Waals surface area contributed by atoms with E-state index in [-0.39, 0.29) is 5.78 Å². The molecule has 0 aliphatic carbocycles. The Morgan fingerprint density at radius 3 is 2.55 bits per heavy atom. The third-order valence-corrected chi connectivity index (χ3v) is 3.07. The molecule has 0 atom stereocenters. The minimum absolute atomic E-state index is 0.115. The summed E-state index contributed by atoms with van der Waals surface area (Å²) in [6.07, 6.45) is 1.67. The molecule has 0 saturated carbocycles. The van der Waals surface area contributed by atoms with E-state index < -0.39 is 5.41 Å². The van der Waals surface area contributed by atoms with Gasteiger partial charge in [-0.1, -0.05) is 32.9 Å². The summed E-state index contributed by atoms with van der Waals surface area (Å²) in [5.41, 5.74) is 2.00. The summed E-state index contributed by atoms with van der Waals surface area (Å²) in [7, 11) is 1.63. The molecule has 0 bridgehead atoms. The van der Waals surface area contributed by atoms with Gasteiger partial charge in [-0.05, 0) is 24.3 Å². The van der Waals surface area contributed by atoms with Gasteiger partial charge in [0.2, 0.25) is 0 Å². The molecule has 2 rings (SSSR count). The molecule has 1 heterocycles. The highest BCUT2D eigenvalue weighted by molar-refractivity contribution is 6.00. The SMILES string of the molecule is COc1cccc(-c2cc(C(=O)C(C)(C)C)ccn2)c1. The van der Waals surface area contributed by atoms with Crippen LogP contribution in [0.15, 0.2) is 42.6 Å². The Hall–Kier alpha value is -2.16. The van der Waals surface area contributed by atoms with Gasteiger partial charge in [0.1, 0.15) is 5.75 Å². The van der Waals surface area contributed by atoms with Crippen LogP contribution >= 0.6 is 0 Å². The van der Waals surface area contributed by atoms with Crippen LogP contribution < -0.4 is 4.74 Å². The number of benzene rings is 1. The van der Waals surface area contributed by atoms with E-state index >= 15 is 0 Å². The zero-order chi connectivity index (χ0) is 14.8. The molecular weight excluding hydrogens is 250 g/mol. The van der Waals surface area contributed by atoms with E-state index in [9.17, 15) is 4.79 Å². The molecule has 0 amide bonds. The lowest BCUT2D eigenvalue weighted by atomic mass is 9.86. The number of rotatable bonds is 3. The predicted octanol–water partition coefficient (Wildman–Crippen LogP) is 3.99. The Balaban J connectivity index is 2.41. The van der Waals surface area contributed by atoms with Gasteiger partial charge >= 0.3 is 0 Å². The maximum absolute atomic E-state index is 12.3. The first-order valence-electron chi connectivity index (χ1n) is 6.57. The van der Waals surface area contributed by atoms with Gasteiger partial charge in [0.05, 0.1) is 12.8 Å². The van der Waals surface area contributed by atoms with E-state index in [4.69, 9.17) is 4.74 Å². The largest absolute Gasteiger partial charge is 0.497 e. The Morgan fingerprint density at radius 1 is 1.15 bits per heavy atom. The zero-order valence-electron chi connectivity index (χ0n) is 12.3. The van der Waals surface area contributed by atoms with Crippen LogP contribution in [-0.4, -0.2) is 17.9 Å². The quantitative estimate of drug-likeness (QED) is 0.791. The highest BCUT2D eigenvalue weighted by atomic mass is 16.5. The Kier molecular flexibility index (Phi) is 3.89. The lowest BCUT2D eigenvalue weighted by molar-refractivity contribution is 0.0858. The second kappa shape index (κ2) is 5.45. The molecular formula is C17H19NO2. The molecule has 0 aliphatic heterocycles. The van der Waals surface area contributed by atoms with Gasteiger partial charge in [-0.25, -0.2) is 0 Å². The number of carbonyl (C=O) groups is 1. The lowest BCUT2D eigenvalue weighted by Gasteiger charge is -2.16. The van der Waals surface area contributed by atoms with Gasteiger partial charge in [-0.3, -0.25) is 9.78 Å². The first-order valence-corrected chi connectivity index (χ1v) is 6.57. The van der Waals surface area contributed by atoms with Crippen molar-refractivity contribution in [3.05, 3.63) is 48.2 Å². The number of ketones is 1. The van der Waals surface area contributed by atoms with Crippen LogP contribution in [0, 0.1) is 5.41 Å². The summed E-state index contributed by atoms with van der Waals surface area (Å²) in [4.78, 5) is 16.7. The molecule has 104 valence electrons. The van der Waals surface area contributed by atoms with E-state index in [1.807, 2.05) is 51.1 Å². The van der Waals surface area contributed by atoms with Gasteiger partial charge in [-0.15, -0.1) is 0 Å². The van der Waals surface area contributed by atoms with Crippen LogP contribution in [0.25, 0.3) is 11.3 Å². The highest BCUT2D eigenvalue weighted by Gasteiger charge is 2.23. The molecule has 2 aromatic rings. The Bertz CT molecular complexity index is 627. The molecule has 1 aromatic carbocycles. The van der Waals surface area contributed by atoms with Crippen LogP contribution in [0.3, 0.4) is 0 Å². The summed E-state index contributed by atoms with van der Waals surface area (Å²) < 4.78 is 5.21. The summed E-state index contributed by atoms with van der Waals surface area (Å²) >= 11 is 0. The van der Waals surface area contributed by atoms with Crippen molar-refractivity contribution in [3.63, 3.8) is 0 Å². The molecule has 3 heteroatoms. The fraction of sp³-hybridized carbons (Fsp3) is 0.294. The van der Waals surface area contributed by atoms with Crippen molar-refractivity contribution in [2.24, 2.45) is 5.41 Å². The molecule has 0 radical (unpaired) electrons. The van der Waals surface area contributed by atoms with Crippen LogP contribution in [0.4, 0.5) is 0 Å². The second-order valence-electron chi connectivity index (χ2n) is 5.74. The average Bonchev–Trinajstić information content (AvgIpc) is 2.45. The number of carbonyl (C=O) groups excluding carboxylic acids is 1. The molecule has 0 unspecified atom stereocenters. The fourth-order valence-corrected chi connectivity index (χ4v) is 1.95. The van der Waals surface area contributed by atoms with Crippen LogP contribution in [0.2, 0.25) is 0 Å². The second-order valence-corrected chi connectivity index (χ2v) is 5.74. The monoisotopic (exact) mass is 269 g/mol. The number of nitrogens with zero attached hydrogens (tertiary/aromatic N) is 1. The standard InChI is InChI=1S/C17H19NO2/c1-17(2,3)16(19)13-8-9-18-15(11-13)12-6-5-7-14(10-12)20-4/h5-11H,1-4H3. The van der Waals surface area contributed by atoms with Gasteiger partial charge in [-0.2, -0.15) is 0 Å². The predicted molar refractivity (Wildman–Crippen MR) is 80.0 cm³/mol. The third-order valence-electron chi connectivity index (χ3n) is 3.07.